The molecule has 1 aromatic carbocycles. The van der Waals surface area contributed by atoms with Gasteiger partial charge in [-0.2, -0.15) is 0 Å². The lowest BCUT2D eigenvalue weighted by Gasteiger charge is -2.23. The van der Waals surface area contributed by atoms with Gasteiger partial charge in [0.15, 0.2) is 15.7 Å². The van der Waals surface area contributed by atoms with Gasteiger partial charge in [0.2, 0.25) is 0 Å². The molecule has 23 heavy (non-hydrogen) atoms. The highest BCUT2D eigenvalue weighted by Crippen LogP contribution is 2.21. The van der Waals surface area contributed by atoms with Crippen molar-refractivity contribution < 1.29 is 17.9 Å². The van der Waals surface area contributed by atoms with Gasteiger partial charge in [0.05, 0.1) is 23.6 Å². The summed E-state index contributed by atoms with van der Waals surface area (Å²) in [6, 6.07) is 6.82. The molecule has 3 rings (SSSR count). The third kappa shape index (κ3) is 4.31. The van der Waals surface area contributed by atoms with Crippen LogP contribution in [0.3, 0.4) is 0 Å². The van der Waals surface area contributed by atoms with Gasteiger partial charge in [0, 0.05) is 19.4 Å². The van der Waals surface area contributed by atoms with Crippen LogP contribution in [0.2, 0.25) is 0 Å². The van der Waals surface area contributed by atoms with Gasteiger partial charge in [0.1, 0.15) is 6.61 Å². The van der Waals surface area contributed by atoms with Crippen LogP contribution in [0.25, 0.3) is 0 Å². The van der Waals surface area contributed by atoms with E-state index in [1.165, 1.54) is 6.26 Å². The Hall–Kier alpha value is -1.44. The number of ether oxygens (including phenoxy) is 2. The van der Waals surface area contributed by atoms with Crippen molar-refractivity contribution in [3.63, 3.8) is 0 Å². The lowest BCUT2D eigenvalue weighted by atomic mass is 10.1. The summed E-state index contributed by atoms with van der Waals surface area (Å²) in [5, 5.41) is 3.29. The summed E-state index contributed by atoms with van der Waals surface area (Å²) in [6.45, 7) is 2.68. The summed E-state index contributed by atoms with van der Waals surface area (Å²) in [7, 11) is -3.17. The Labute approximate surface area is 136 Å². The number of benzene rings is 1. The zero-order chi connectivity index (χ0) is 16.3. The normalized spacial score (nSPS) is 25.2. The Morgan fingerprint density at radius 2 is 2.13 bits per heavy atom. The quantitative estimate of drug-likeness (QED) is 0.896. The minimum absolute atomic E-state index is 0.0585. The van der Waals surface area contributed by atoms with Crippen LogP contribution in [0.4, 0.5) is 0 Å². The molecule has 0 bridgehead atoms. The van der Waals surface area contributed by atoms with Crippen molar-refractivity contribution in [3.05, 3.63) is 29.8 Å². The average Bonchev–Trinajstić information content (AvgIpc) is 3.06. The topological polar surface area (TPSA) is 77.0 Å². The van der Waals surface area contributed by atoms with Crippen LogP contribution in [0.15, 0.2) is 34.2 Å². The van der Waals surface area contributed by atoms with E-state index in [0.29, 0.717) is 30.5 Å². The zero-order valence-electron chi connectivity index (χ0n) is 13.2. The van der Waals surface area contributed by atoms with E-state index in [2.05, 4.69) is 10.3 Å². The van der Waals surface area contributed by atoms with E-state index in [-0.39, 0.29) is 12.1 Å². The van der Waals surface area contributed by atoms with Gasteiger partial charge in [-0.15, -0.1) is 0 Å². The Balaban J connectivity index is 1.65. The third-order valence-electron chi connectivity index (χ3n) is 4.07. The molecular weight excluding hydrogens is 316 g/mol. The highest BCUT2D eigenvalue weighted by atomic mass is 32.2. The fraction of sp³-hybridized carbons (Fsp3) is 0.562. The third-order valence-corrected chi connectivity index (χ3v) is 5.20. The van der Waals surface area contributed by atoms with E-state index in [1.54, 1.807) is 12.1 Å². The molecule has 2 atom stereocenters. The minimum atomic E-state index is -3.17. The molecule has 1 unspecified atom stereocenters. The van der Waals surface area contributed by atoms with E-state index in [9.17, 15) is 8.42 Å². The second-order valence-corrected chi connectivity index (χ2v) is 7.97. The van der Waals surface area contributed by atoms with E-state index < -0.39 is 9.84 Å². The SMILES string of the molecule is CS(=O)(=O)c1ccc(C2CNCC(OC[C@H]3CCCO3)=N2)cc1. The molecule has 0 aliphatic carbocycles. The van der Waals surface area contributed by atoms with E-state index in [4.69, 9.17) is 9.47 Å². The highest BCUT2D eigenvalue weighted by Gasteiger charge is 2.21. The lowest BCUT2D eigenvalue weighted by Crippen LogP contribution is -2.35. The molecule has 126 valence electrons. The molecule has 0 aromatic heterocycles. The molecule has 0 saturated carbocycles. The van der Waals surface area contributed by atoms with Crippen molar-refractivity contribution >= 4 is 15.7 Å². The predicted molar refractivity (Wildman–Crippen MR) is 87.5 cm³/mol. The predicted octanol–water partition coefficient (Wildman–Crippen LogP) is 1.33. The number of hydrogen-bond donors (Lipinski definition) is 1. The Bertz CT molecular complexity index is 664. The van der Waals surface area contributed by atoms with Crippen molar-refractivity contribution in [2.45, 2.75) is 29.9 Å². The Kier molecular flexibility index (Phi) is 4.99. The molecule has 1 aromatic rings. The number of sulfone groups is 1. The maximum absolute atomic E-state index is 11.5. The van der Waals surface area contributed by atoms with Crippen molar-refractivity contribution in [2.24, 2.45) is 4.99 Å². The van der Waals surface area contributed by atoms with Crippen molar-refractivity contribution in [3.8, 4) is 0 Å². The number of nitrogens with zero attached hydrogens (tertiary/aromatic N) is 1. The molecule has 2 aliphatic rings. The zero-order valence-corrected chi connectivity index (χ0v) is 14.0. The van der Waals surface area contributed by atoms with Gasteiger partial charge in [-0.25, -0.2) is 13.4 Å². The summed E-state index contributed by atoms with van der Waals surface area (Å²) in [5.74, 6) is 0.684. The molecular formula is C16H22N2O4S. The number of hydrogen-bond acceptors (Lipinski definition) is 6. The van der Waals surface area contributed by atoms with Crippen LogP contribution in [0, 0.1) is 0 Å². The molecule has 2 aliphatic heterocycles. The van der Waals surface area contributed by atoms with Crippen molar-refractivity contribution in [1.29, 1.82) is 0 Å². The molecule has 0 radical (unpaired) electrons. The van der Waals surface area contributed by atoms with Gasteiger partial charge in [0.25, 0.3) is 0 Å². The van der Waals surface area contributed by atoms with Crippen LogP contribution < -0.4 is 5.32 Å². The molecule has 1 saturated heterocycles. The van der Waals surface area contributed by atoms with Gasteiger partial charge in [-0.1, -0.05) is 12.1 Å². The number of nitrogens with one attached hydrogen (secondary N) is 1. The van der Waals surface area contributed by atoms with Crippen LogP contribution in [0.5, 0.6) is 0 Å². The van der Waals surface area contributed by atoms with Gasteiger partial charge in [-0.3, -0.25) is 0 Å². The highest BCUT2D eigenvalue weighted by molar-refractivity contribution is 7.90. The molecule has 1 fully saturated rings. The van der Waals surface area contributed by atoms with Gasteiger partial charge < -0.3 is 14.8 Å². The minimum Gasteiger partial charge on any atom is -0.477 e. The number of rotatable bonds is 4. The van der Waals surface area contributed by atoms with Crippen molar-refractivity contribution in [1.82, 2.24) is 5.32 Å². The molecule has 0 amide bonds. The van der Waals surface area contributed by atoms with Crippen LogP contribution in [-0.2, 0) is 19.3 Å². The Morgan fingerprint density at radius 3 is 2.78 bits per heavy atom. The Morgan fingerprint density at radius 1 is 1.35 bits per heavy atom. The van der Waals surface area contributed by atoms with E-state index >= 15 is 0 Å². The molecule has 1 N–H and O–H groups in total. The largest absolute Gasteiger partial charge is 0.477 e. The van der Waals surface area contributed by atoms with E-state index in [1.807, 2.05) is 12.1 Å². The first kappa shape index (κ1) is 16.4. The van der Waals surface area contributed by atoms with Gasteiger partial charge in [-0.05, 0) is 30.5 Å². The average molecular weight is 338 g/mol. The maximum atomic E-state index is 11.5. The second-order valence-electron chi connectivity index (χ2n) is 5.96. The molecule has 0 spiro atoms. The molecule has 6 nitrogen and oxygen atoms in total. The summed E-state index contributed by atoms with van der Waals surface area (Å²) < 4.78 is 34.3. The molecule has 7 heteroatoms. The smallest absolute Gasteiger partial charge is 0.198 e. The standard InChI is InChI=1S/C16H22N2O4S/c1-23(19,20)14-6-4-12(5-7-14)15-9-17-10-16(18-15)22-11-13-3-2-8-21-13/h4-7,13,15,17H,2-3,8-11H2,1H3/t13-,15?/m1/s1. The first-order valence-electron chi connectivity index (χ1n) is 7.84. The monoisotopic (exact) mass is 338 g/mol. The fourth-order valence-corrected chi connectivity index (χ4v) is 3.39. The summed E-state index contributed by atoms with van der Waals surface area (Å²) in [4.78, 5) is 4.95. The first-order chi connectivity index (χ1) is 11.0. The number of aliphatic imine (C=N–C) groups is 1. The summed E-state index contributed by atoms with van der Waals surface area (Å²) >= 11 is 0. The van der Waals surface area contributed by atoms with Crippen molar-refractivity contribution in [2.75, 3.05) is 32.6 Å². The summed E-state index contributed by atoms with van der Waals surface area (Å²) in [6.07, 6.45) is 3.51. The lowest BCUT2D eigenvalue weighted by molar-refractivity contribution is 0.0623. The van der Waals surface area contributed by atoms with Gasteiger partial charge >= 0.3 is 0 Å². The second kappa shape index (κ2) is 6.98. The van der Waals surface area contributed by atoms with E-state index in [0.717, 1.165) is 25.0 Å². The maximum Gasteiger partial charge on any atom is 0.198 e. The van der Waals surface area contributed by atoms with Crippen LogP contribution >= 0.6 is 0 Å². The van der Waals surface area contributed by atoms with Crippen LogP contribution in [0.1, 0.15) is 24.4 Å². The first-order valence-corrected chi connectivity index (χ1v) is 9.73. The summed E-state index contributed by atoms with van der Waals surface area (Å²) in [5.41, 5.74) is 0.975. The van der Waals surface area contributed by atoms with Crippen LogP contribution in [-0.4, -0.2) is 53.0 Å². The molecule has 2 heterocycles. The fourth-order valence-electron chi connectivity index (χ4n) is 2.76.